The van der Waals surface area contributed by atoms with Gasteiger partial charge in [0.25, 0.3) is 0 Å². The summed E-state index contributed by atoms with van der Waals surface area (Å²) in [4.78, 5) is 0. The van der Waals surface area contributed by atoms with Crippen LogP contribution >= 0.6 is 0 Å². The van der Waals surface area contributed by atoms with Gasteiger partial charge >= 0.3 is 0 Å². The van der Waals surface area contributed by atoms with E-state index >= 15 is 0 Å². The first-order valence-corrected chi connectivity index (χ1v) is 8.74. The van der Waals surface area contributed by atoms with Crippen molar-refractivity contribution in [2.75, 3.05) is 13.7 Å². The van der Waals surface area contributed by atoms with Crippen LogP contribution < -0.4 is 18.9 Å². The van der Waals surface area contributed by atoms with Crippen LogP contribution in [-0.2, 0) is 6.42 Å². The fraction of sp³-hybridized carbons (Fsp3) is 0.333. The third kappa shape index (κ3) is 2.09. The van der Waals surface area contributed by atoms with Crippen molar-refractivity contribution in [3.05, 3.63) is 53.1 Å². The lowest BCUT2D eigenvalue weighted by atomic mass is 9.88. The number of aromatic hydroxyl groups is 1. The molecule has 3 heterocycles. The van der Waals surface area contributed by atoms with Gasteiger partial charge in [-0.3, -0.25) is 0 Å². The summed E-state index contributed by atoms with van der Waals surface area (Å²) in [6.07, 6.45) is 0.707. The molecule has 0 amide bonds. The Balaban J connectivity index is 1.54. The minimum Gasteiger partial charge on any atom is -0.504 e. The second-order valence-corrected chi connectivity index (χ2v) is 7.17. The molecule has 5 heteroatoms. The molecule has 0 aromatic heterocycles. The predicted molar refractivity (Wildman–Crippen MR) is 95.6 cm³/mol. The molecule has 0 fully saturated rings. The van der Waals surface area contributed by atoms with Gasteiger partial charge in [0.2, 0.25) is 0 Å². The van der Waals surface area contributed by atoms with Crippen LogP contribution in [0.5, 0.6) is 28.7 Å². The molecule has 0 saturated carbocycles. The minimum atomic E-state index is -0.130. The summed E-state index contributed by atoms with van der Waals surface area (Å²) in [6.45, 7) is 6.49. The smallest absolute Gasteiger partial charge is 0.164 e. The molecular weight excluding hydrogens is 332 g/mol. The lowest BCUT2D eigenvalue weighted by Gasteiger charge is -2.28. The van der Waals surface area contributed by atoms with Crippen molar-refractivity contribution in [1.29, 1.82) is 0 Å². The first-order chi connectivity index (χ1) is 12.5. The molecule has 5 rings (SSSR count). The number of benzene rings is 2. The normalized spacial score (nSPS) is 24.3. The Kier molecular flexibility index (Phi) is 3.17. The van der Waals surface area contributed by atoms with Crippen LogP contribution in [0.3, 0.4) is 0 Å². The molecule has 3 aliphatic rings. The number of hydrogen-bond acceptors (Lipinski definition) is 5. The molecule has 1 N–H and O–H groups in total. The summed E-state index contributed by atoms with van der Waals surface area (Å²) in [7, 11) is 1.53. The maximum atomic E-state index is 10.1. The second-order valence-electron chi connectivity index (χ2n) is 7.17. The number of phenolic OH excluding ortho intramolecular Hbond substituents is 1. The summed E-state index contributed by atoms with van der Waals surface area (Å²) in [5.41, 5.74) is 4.15. The molecular formula is C21H20O5. The van der Waals surface area contributed by atoms with Crippen LogP contribution in [0, 0.1) is 0 Å². The van der Waals surface area contributed by atoms with Gasteiger partial charge in [-0.15, -0.1) is 0 Å². The Bertz CT molecular complexity index is 932. The number of methoxy groups -OCH3 is 1. The Morgan fingerprint density at radius 3 is 2.73 bits per heavy atom. The van der Waals surface area contributed by atoms with Gasteiger partial charge in [-0.2, -0.15) is 0 Å². The van der Waals surface area contributed by atoms with Crippen molar-refractivity contribution in [3.63, 3.8) is 0 Å². The SMILES string of the molecule is C=C(C)C1Cc2cc3c(cc2O1)OC[C@H]1c2cc(O)c(OC)cc2O[C@@H]31. The van der Waals surface area contributed by atoms with Crippen molar-refractivity contribution >= 4 is 0 Å². The largest absolute Gasteiger partial charge is 0.504 e. The second kappa shape index (κ2) is 5.34. The summed E-state index contributed by atoms with van der Waals surface area (Å²) in [5.74, 6) is 2.99. The van der Waals surface area contributed by atoms with E-state index in [4.69, 9.17) is 18.9 Å². The average Bonchev–Trinajstić information content (AvgIpc) is 3.19. The van der Waals surface area contributed by atoms with E-state index in [1.165, 1.54) is 7.11 Å². The van der Waals surface area contributed by atoms with E-state index in [1.807, 2.05) is 13.0 Å². The van der Waals surface area contributed by atoms with E-state index in [0.29, 0.717) is 12.4 Å². The fourth-order valence-electron chi connectivity index (χ4n) is 4.05. The lowest BCUT2D eigenvalue weighted by molar-refractivity contribution is 0.139. The van der Waals surface area contributed by atoms with E-state index < -0.39 is 0 Å². The highest BCUT2D eigenvalue weighted by Crippen LogP contribution is 2.54. The average molecular weight is 352 g/mol. The summed E-state index contributed by atoms with van der Waals surface area (Å²) >= 11 is 0. The first kappa shape index (κ1) is 15.4. The molecule has 0 spiro atoms. The van der Waals surface area contributed by atoms with Crippen LogP contribution in [0.4, 0.5) is 0 Å². The monoisotopic (exact) mass is 352 g/mol. The maximum Gasteiger partial charge on any atom is 0.164 e. The fourth-order valence-corrected chi connectivity index (χ4v) is 4.05. The standard InChI is InChI=1S/C21H20O5/c1-10(2)16-5-11-4-13-18(7-17(11)25-16)24-9-14-12-6-15(22)20(23-3)8-19(12)26-21(13)14/h4,6-8,14,16,21-22H,1,5,9H2,2-3H3/t14-,16?,21-/m0/s1. The molecule has 3 aliphatic heterocycles. The molecule has 5 nitrogen and oxygen atoms in total. The molecule has 2 aromatic carbocycles. The van der Waals surface area contributed by atoms with E-state index in [1.54, 1.807) is 12.1 Å². The minimum absolute atomic E-state index is 0.0209. The Labute approximate surface area is 151 Å². The van der Waals surface area contributed by atoms with Gasteiger partial charge in [0.05, 0.1) is 19.6 Å². The van der Waals surface area contributed by atoms with Crippen molar-refractivity contribution in [2.45, 2.75) is 31.5 Å². The Hall–Kier alpha value is -2.82. The van der Waals surface area contributed by atoms with Gasteiger partial charge in [0.1, 0.15) is 29.5 Å². The maximum absolute atomic E-state index is 10.1. The van der Waals surface area contributed by atoms with E-state index in [-0.39, 0.29) is 23.9 Å². The summed E-state index contributed by atoms with van der Waals surface area (Å²) < 4.78 is 23.4. The molecule has 2 aromatic rings. The molecule has 0 saturated heterocycles. The van der Waals surface area contributed by atoms with E-state index in [0.717, 1.165) is 45.9 Å². The number of ether oxygens (including phenoxy) is 4. The Morgan fingerprint density at radius 1 is 1.12 bits per heavy atom. The van der Waals surface area contributed by atoms with Crippen molar-refractivity contribution < 1.29 is 24.1 Å². The third-order valence-corrected chi connectivity index (χ3v) is 5.47. The van der Waals surface area contributed by atoms with Crippen LogP contribution in [0.2, 0.25) is 0 Å². The zero-order valence-electron chi connectivity index (χ0n) is 14.7. The summed E-state index contributed by atoms with van der Waals surface area (Å²) in [5, 5.41) is 10.1. The molecule has 0 aliphatic carbocycles. The molecule has 3 atom stereocenters. The molecule has 1 unspecified atom stereocenters. The van der Waals surface area contributed by atoms with E-state index in [2.05, 4.69) is 12.6 Å². The zero-order chi connectivity index (χ0) is 18.0. The van der Waals surface area contributed by atoms with Gasteiger partial charge in [-0.1, -0.05) is 6.58 Å². The number of hydrogen-bond donors (Lipinski definition) is 1. The van der Waals surface area contributed by atoms with Crippen molar-refractivity contribution in [1.82, 2.24) is 0 Å². The topological polar surface area (TPSA) is 57.2 Å². The number of rotatable bonds is 2. The van der Waals surface area contributed by atoms with Gasteiger partial charge in [0, 0.05) is 29.7 Å². The van der Waals surface area contributed by atoms with Crippen molar-refractivity contribution in [3.8, 4) is 28.7 Å². The summed E-state index contributed by atoms with van der Waals surface area (Å²) in [6, 6.07) is 7.57. The van der Waals surface area contributed by atoms with Crippen LogP contribution in [0.15, 0.2) is 36.4 Å². The zero-order valence-corrected chi connectivity index (χ0v) is 14.7. The van der Waals surface area contributed by atoms with Crippen LogP contribution in [0.25, 0.3) is 0 Å². The van der Waals surface area contributed by atoms with Crippen molar-refractivity contribution in [2.24, 2.45) is 0 Å². The lowest BCUT2D eigenvalue weighted by Crippen LogP contribution is -2.23. The van der Waals surface area contributed by atoms with Gasteiger partial charge in [0.15, 0.2) is 11.5 Å². The molecule has 0 radical (unpaired) electrons. The van der Waals surface area contributed by atoms with Crippen LogP contribution in [0.1, 0.15) is 35.6 Å². The Morgan fingerprint density at radius 2 is 1.96 bits per heavy atom. The molecule has 0 bridgehead atoms. The highest BCUT2D eigenvalue weighted by molar-refractivity contribution is 5.58. The predicted octanol–water partition coefficient (Wildman–Crippen LogP) is 3.89. The number of fused-ring (bicyclic) bond motifs is 6. The quantitative estimate of drug-likeness (QED) is 0.831. The van der Waals surface area contributed by atoms with E-state index in [9.17, 15) is 5.11 Å². The van der Waals surface area contributed by atoms with Gasteiger partial charge in [-0.05, 0) is 30.2 Å². The highest BCUT2D eigenvalue weighted by atomic mass is 16.5. The third-order valence-electron chi connectivity index (χ3n) is 5.47. The number of phenols is 1. The van der Waals surface area contributed by atoms with Gasteiger partial charge in [-0.25, -0.2) is 0 Å². The molecule has 26 heavy (non-hydrogen) atoms. The van der Waals surface area contributed by atoms with Gasteiger partial charge < -0.3 is 24.1 Å². The van der Waals surface area contributed by atoms with Crippen LogP contribution in [-0.4, -0.2) is 24.9 Å². The highest BCUT2D eigenvalue weighted by Gasteiger charge is 2.42. The first-order valence-electron chi connectivity index (χ1n) is 8.74. The molecule has 134 valence electrons.